The SMILES string of the molecule is CCC(C)OCCOC(=O)OC(C)(C)C. The van der Waals surface area contributed by atoms with Crippen LogP contribution in [0, 0.1) is 0 Å². The molecule has 90 valence electrons. The number of rotatable bonds is 5. The minimum atomic E-state index is -0.643. The molecule has 4 heteroatoms. The zero-order valence-electron chi connectivity index (χ0n) is 10.3. The Morgan fingerprint density at radius 1 is 1.27 bits per heavy atom. The highest BCUT2D eigenvalue weighted by atomic mass is 16.7. The van der Waals surface area contributed by atoms with Crippen LogP contribution in [0.2, 0.25) is 0 Å². The molecule has 0 rings (SSSR count). The van der Waals surface area contributed by atoms with Gasteiger partial charge >= 0.3 is 6.16 Å². The third-order valence-corrected chi connectivity index (χ3v) is 1.67. The molecule has 0 radical (unpaired) electrons. The summed E-state index contributed by atoms with van der Waals surface area (Å²) in [5.74, 6) is 0. The van der Waals surface area contributed by atoms with E-state index in [9.17, 15) is 4.79 Å². The molecule has 0 spiro atoms. The summed E-state index contributed by atoms with van der Waals surface area (Å²) in [7, 11) is 0. The van der Waals surface area contributed by atoms with Crippen LogP contribution in [0.3, 0.4) is 0 Å². The summed E-state index contributed by atoms with van der Waals surface area (Å²) in [4.78, 5) is 11.1. The van der Waals surface area contributed by atoms with Crippen LogP contribution in [0.25, 0.3) is 0 Å². The minimum absolute atomic E-state index is 0.201. The first-order valence-electron chi connectivity index (χ1n) is 5.32. The topological polar surface area (TPSA) is 44.8 Å². The molecular weight excluding hydrogens is 196 g/mol. The average molecular weight is 218 g/mol. The summed E-state index contributed by atoms with van der Waals surface area (Å²) in [5, 5.41) is 0. The fraction of sp³-hybridized carbons (Fsp3) is 0.909. The van der Waals surface area contributed by atoms with Gasteiger partial charge in [0.05, 0.1) is 12.7 Å². The fourth-order valence-corrected chi connectivity index (χ4v) is 0.772. The summed E-state index contributed by atoms with van der Waals surface area (Å²) in [6, 6.07) is 0. The normalized spacial score (nSPS) is 13.4. The van der Waals surface area contributed by atoms with Crippen molar-refractivity contribution >= 4 is 6.16 Å². The third-order valence-electron chi connectivity index (χ3n) is 1.67. The van der Waals surface area contributed by atoms with Gasteiger partial charge in [0.15, 0.2) is 0 Å². The van der Waals surface area contributed by atoms with Gasteiger partial charge in [-0.15, -0.1) is 0 Å². The second kappa shape index (κ2) is 6.67. The van der Waals surface area contributed by atoms with Gasteiger partial charge in [-0.05, 0) is 34.1 Å². The van der Waals surface area contributed by atoms with Gasteiger partial charge in [-0.2, -0.15) is 0 Å². The molecule has 0 aliphatic carbocycles. The molecule has 0 heterocycles. The lowest BCUT2D eigenvalue weighted by Gasteiger charge is -2.19. The van der Waals surface area contributed by atoms with Crippen LogP contribution in [0.4, 0.5) is 4.79 Å². The van der Waals surface area contributed by atoms with Gasteiger partial charge in [-0.3, -0.25) is 0 Å². The molecule has 1 unspecified atom stereocenters. The lowest BCUT2D eigenvalue weighted by atomic mass is 10.2. The Morgan fingerprint density at radius 3 is 2.33 bits per heavy atom. The van der Waals surface area contributed by atoms with Crippen molar-refractivity contribution < 1.29 is 19.0 Å². The maximum absolute atomic E-state index is 11.1. The van der Waals surface area contributed by atoms with Crippen molar-refractivity contribution in [3.8, 4) is 0 Å². The minimum Gasteiger partial charge on any atom is -0.432 e. The molecule has 0 aromatic carbocycles. The number of carbonyl (C=O) groups is 1. The van der Waals surface area contributed by atoms with Crippen molar-refractivity contribution in [2.75, 3.05) is 13.2 Å². The van der Waals surface area contributed by atoms with E-state index in [1.54, 1.807) is 20.8 Å². The van der Waals surface area contributed by atoms with Crippen LogP contribution in [0.15, 0.2) is 0 Å². The number of carbonyl (C=O) groups excluding carboxylic acids is 1. The number of hydrogen-bond acceptors (Lipinski definition) is 4. The van der Waals surface area contributed by atoms with Gasteiger partial charge in [-0.25, -0.2) is 4.79 Å². The molecule has 0 aliphatic rings. The van der Waals surface area contributed by atoms with E-state index in [0.717, 1.165) is 6.42 Å². The van der Waals surface area contributed by atoms with E-state index in [4.69, 9.17) is 14.2 Å². The molecule has 0 aromatic heterocycles. The van der Waals surface area contributed by atoms with Crippen molar-refractivity contribution in [3.63, 3.8) is 0 Å². The predicted molar refractivity (Wildman–Crippen MR) is 57.9 cm³/mol. The fourth-order valence-electron chi connectivity index (χ4n) is 0.772. The molecule has 0 N–H and O–H groups in total. The largest absolute Gasteiger partial charge is 0.508 e. The number of ether oxygens (including phenoxy) is 3. The van der Waals surface area contributed by atoms with Gasteiger partial charge in [-0.1, -0.05) is 6.92 Å². The Labute approximate surface area is 91.9 Å². The van der Waals surface area contributed by atoms with Gasteiger partial charge in [0.25, 0.3) is 0 Å². The summed E-state index contributed by atoms with van der Waals surface area (Å²) in [6.07, 6.45) is 0.509. The number of hydrogen-bond donors (Lipinski definition) is 0. The van der Waals surface area contributed by atoms with Crippen LogP contribution in [-0.4, -0.2) is 31.1 Å². The van der Waals surface area contributed by atoms with Crippen molar-refractivity contribution in [2.45, 2.75) is 52.7 Å². The first kappa shape index (κ1) is 14.2. The van der Waals surface area contributed by atoms with Crippen LogP contribution >= 0.6 is 0 Å². The summed E-state index contributed by atoms with van der Waals surface area (Å²) >= 11 is 0. The van der Waals surface area contributed by atoms with Gasteiger partial charge in [0.2, 0.25) is 0 Å². The second-order valence-electron chi connectivity index (χ2n) is 4.40. The van der Waals surface area contributed by atoms with E-state index in [1.165, 1.54) is 0 Å². The highest BCUT2D eigenvalue weighted by Crippen LogP contribution is 2.07. The maximum atomic E-state index is 11.1. The summed E-state index contributed by atoms with van der Waals surface area (Å²) < 4.78 is 15.1. The second-order valence-corrected chi connectivity index (χ2v) is 4.40. The lowest BCUT2D eigenvalue weighted by Crippen LogP contribution is -2.25. The van der Waals surface area contributed by atoms with Gasteiger partial charge < -0.3 is 14.2 Å². The van der Waals surface area contributed by atoms with E-state index >= 15 is 0 Å². The monoisotopic (exact) mass is 218 g/mol. The van der Waals surface area contributed by atoms with Gasteiger partial charge in [0, 0.05) is 0 Å². The van der Waals surface area contributed by atoms with Crippen LogP contribution in [0.1, 0.15) is 41.0 Å². The highest BCUT2D eigenvalue weighted by molar-refractivity contribution is 5.60. The first-order chi connectivity index (χ1) is 6.85. The molecule has 15 heavy (non-hydrogen) atoms. The van der Waals surface area contributed by atoms with E-state index in [-0.39, 0.29) is 12.7 Å². The van der Waals surface area contributed by atoms with Crippen molar-refractivity contribution in [1.82, 2.24) is 0 Å². The van der Waals surface area contributed by atoms with Gasteiger partial charge in [0.1, 0.15) is 12.2 Å². The standard InChI is InChI=1S/C11H22O4/c1-6-9(2)13-7-8-14-10(12)15-11(3,4)5/h9H,6-8H2,1-5H3. The molecule has 0 saturated carbocycles. The average Bonchev–Trinajstić information content (AvgIpc) is 2.09. The van der Waals surface area contributed by atoms with Crippen LogP contribution in [-0.2, 0) is 14.2 Å². The van der Waals surface area contributed by atoms with E-state index in [0.29, 0.717) is 6.61 Å². The highest BCUT2D eigenvalue weighted by Gasteiger charge is 2.17. The smallest absolute Gasteiger partial charge is 0.432 e. The zero-order valence-corrected chi connectivity index (χ0v) is 10.3. The molecule has 0 bridgehead atoms. The predicted octanol–water partition coefficient (Wildman–Crippen LogP) is 2.75. The summed E-state index contributed by atoms with van der Waals surface area (Å²) in [6.45, 7) is 10.1. The molecule has 0 fully saturated rings. The Balaban J connectivity index is 3.48. The Hall–Kier alpha value is -0.770. The van der Waals surface area contributed by atoms with E-state index in [2.05, 4.69) is 0 Å². The van der Waals surface area contributed by atoms with Crippen molar-refractivity contribution in [3.05, 3.63) is 0 Å². The van der Waals surface area contributed by atoms with Crippen molar-refractivity contribution in [1.29, 1.82) is 0 Å². The Kier molecular flexibility index (Phi) is 6.32. The van der Waals surface area contributed by atoms with Crippen molar-refractivity contribution in [2.24, 2.45) is 0 Å². The molecule has 0 aromatic rings. The first-order valence-corrected chi connectivity index (χ1v) is 5.32. The zero-order chi connectivity index (χ0) is 11.9. The molecule has 1 atom stereocenters. The lowest BCUT2D eigenvalue weighted by molar-refractivity contribution is -0.0270. The Bertz CT molecular complexity index is 184. The molecule has 4 nitrogen and oxygen atoms in total. The maximum Gasteiger partial charge on any atom is 0.508 e. The molecule has 0 saturated heterocycles. The van der Waals surface area contributed by atoms with Crippen LogP contribution in [0.5, 0.6) is 0 Å². The third kappa shape index (κ3) is 9.53. The molecular formula is C11H22O4. The van der Waals surface area contributed by atoms with E-state index in [1.807, 2.05) is 13.8 Å². The van der Waals surface area contributed by atoms with Crippen LogP contribution < -0.4 is 0 Å². The summed E-state index contributed by atoms with van der Waals surface area (Å²) in [5.41, 5.74) is -0.505. The molecule has 0 amide bonds. The Morgan fingerprint density at radius 2 is 1.87 bits per heavy atom. The van der Waals surface area contributed by atoms with E-state index < -0.39 is 11.8 Å². The quantitative estimate of drug-likeness (QED) is 0.525. The molecule has 0 aliphatic heterocycles.